The molecule has 1 aromatic carbocycles. The Hall–Kier alpha value is -2.80. The predicted molar refractivity (Wildman–Crippen MR) is 109 cm³/mol. The second kappa shape index (κ2) is 9.94. The number of phenols is 1. The van der Waals surface area contributed by atoms with Crippen molar-refractivity contribution in [2.24, 2.45) is 0 Å². The third-order valence-electron chi connectivity index (χ3n) is 4.80. The van der Waals surface area contributed by atoms with Crippen LogP contribution in [-0.4, -0.2) is 48.5 Å². The second-order valence-electron chi connectivity index (χ2n) is 7.02. The zero-order valence-corrected chi connectivity index (χ0v) is 16.2. The van der Waals surface area contributed by atoms with Crippen LogP contribution in [0.2, 0.25) is 0 Å². The number of amides is 2. The molecule has 0 spiro atoms. The van der Waals surface area contributed by atoms with Gasteiger partial charge in [0.2, 0.25) is 0 Å². The fourth-order valence-electron chi connectivity index (χ4n) is 3.20. The Kier molecular flexibility index (Phi) is 7.08. The predicted octanol–water partition coefficient (Wildman–Crippen LogP) is 2.44. The van der Waals surface area contributed by atoms with Gasteiger partial charge in [-0.1, -0.05) is 18.2 Å². The number of carbonyl (C=O) groups excluding carboxylic acids is 1. The molecule has 2 heterocycles. The van der Waals surface area contributed by atoms with Gasteiger partial charge in [-0.15, -0.1) is 0 Å². The van der Waals surface area contributed by atoms with Crippen molar-refractivity contribution in [2.45, 2.75) is 32.4 Å². The van der Waals surface area contributed by atoms with Crippen molar-refractivity contribution >= 4 is 11.8 Å². The summed E-state index contributed by atoms with van der Waals surface area (Å²) in [6.45, 7) is 5.43. The molecule has 1 saturated heterocycles. The van der Waals surface area contributed by atoms with E-state index in [0.29, 0.717) is 19.8 Å². The van der Waals surface area contributed by atoms with Gasteiger partial charge in [-0.05, 0) is 43.5 Å². The van der Waals surface area contributed by atoms with Crippen LogP contribution in [-0.2, 0) is 17.7 Å². The van der Waals surface area contributed by atoms with Gasteiger partial charge in [0.25, 0.3) is 0 Å². The lowest BCUT2D eigenvalue weighted by Crippen LogP contribution is -2.41. The van der Waals surface area contributed by atoms with E-state index in [-0.39, 0.29) is 17.8 Å². The van der Waals surface area contributed by atoms with Crippen LogP contribution >= 0.6 is 0 Å². The van der Waals surface area contributed by atoms with Crippen LogP contribution in [0.25, 0.3) is 0 Å². The van der Waals surface area contributed by atoms with Crippen LogP contribution in [0.4, 0.5) is 10.6 Å². The van der Waals surface area contributed by atoms with E-state index >= 15 is 0 Å². The Bertz CT molecular complexity index is 761. The molecule has 2 aromatic rings. The van der Waals surface area contributed by atoms with Crippen molar-refractivity contribution in [1.82, 2.24) is 15.6 Å². The van der Waals surface area contributed by atoms with Gasteiger partial charge in [0.1, 0.15) is 11.6 Å². The summed E-state index contributed by atoms with van der Waals surface area (Å²) in [5, 5.41) is 15.2. The average Bonchev–Trinajstić information content (AvgIpc) is 2.73. The van der Waals surface area contributed by atoms with E-state index in [1.54, 1.807) is 18.3 Å². The van der Waals surface area contributed by atoms with E-state index in [1.165, 1.54) is 0 Å². The zero-order chi connectivity index (χ0) is 19.8. The van der Waals surface area contributed by atoms with Crippen LogP contribution in [0.1, 0.15) is 24.5 Å². The Labute approximate surface area is 165 Å². The number of nitrogens with one attached hydrogen (secondary N) is 2. The summed E-state index contributed by atoms with van der Waals surface area (Å²) >= 11 is 0. The Balaban J connectivity index is 1.45. The maximum atomic E-state index is 12.3. The normalized spacial score (nSPS) is 15.1. The van der Waals surface area contributed by atoms with Crippen molar-refractivity contribution in [3.63, 3.8) is 0 Å². The number of rotatable bonds is 7. The first-order chi connectivity index (χ1) is 13.6. The fraction of sp³-hybridized carbons (Fsp3) is 0.429. The average molecular weight is 384 g/mol. The van der Waals surface area contributed by atoms with Gasteiger partial charge < -0.3 is 25.4 Å². The summed E-state index contributed by atoms with van der Waals surface area (Å²) in [4.78, 5) is 18.9. The molecule has 0 bridgehead atoms. The SMILES string of the molecule is CC(CCc1ccc(O)cc1)NC(=O)NCc1cccnc1N1CCOCC1. The number of pyridine rings is 1. The number of urea groups is 1. The highest BCUT2D eigenvalue weighted by Crippen LogP contribution is 2.18. The number of aryl methyl sites for hydroxylation is 1. The first-order valence-electron chi connectivity index (χ1n) is 9.70. The molecule has 0 radical (unpaired) electrons. The van der Waals surface area contributed by atoms with Crippen molar-refractivity contribution in [2.75, 3.05) is 31.2 Å². The van der Waals surface area contributed by atoms with Crippen LogP contribution in [0, 0.1) is 0 Å². The fourth-order valence-corrected chi connectivity index (χ4v) is 3.20. The molecule has 1 aliphatic heterocycles. The minimum atomic E-state index is -0.185. The molecule has 1 fully saturated rings. The molecule has 7 heteroatoms. The number of benzene rings is 1. The van der Waals surface area contributed by atoms with Gasteiger partial charge >= 0.3 is 6.03 Å². The highest BCUT2D eigenvalue weighted by Gasteiger charge is 2.16. The Morgan fingerprint density at radius 2 is 2.00 bits per heavy atom. The molecule has 28 heavy (non-hydrogen) atoms. The third kappa shape index (κ3) is 5.85. The summed E-state index contributed by atoms with van der Waals surface area (Å²) < 4.78 is 5.40. The number of anilines is 1. The molecule has 2 amide bonds. The first-order valence-corrected chi connectivity index (χ1v) is 9.70. The molecule has 1 aliphatic rings. The topological polar surface area (TPSA) is 86.7 Å². The Morgan fingerprint density at radius 3 is 2.75 bits per heavy atom. The van der Waals surface area contributed by atoms with Gasteiger partial charge in [-0.3, -0.25) is 0 Å². The zero-order valence-electron chi connectivity index (χ0n) is 16.2. The number of carbonyl (C=O) groups is 1. The van der Waals surface area contributed by atoms with E-state index < -0.39 is 0 Å². The maximum Gasteiger partial charge on any atom is 0.315 e. The van der Waals surface area contributed by atoms with Crippen LogP contribution in [0.3, 0.4) is 0 Å². The number of nitrogens with zero attached hydrogens (tertiary/aromatic N) is 2. The minimum absolute atomic E-state index is 0.0430. The largest absolute Gasteiger partial charge is 0.508 e. The molecular weight excluding hydrogens is 356 g/mol. The molecule has 7 nitrogen and oxygen atoms in total. The number of aromatic hydroxyl groups is 1. The molecular formula is C21H28N4O3. The van der Waals surface area contributed by atoms with E-state index in [9.17, 15) is 9.90 Å². The summed E-state index contributed by atoms with van der Waals surface area (Å²) in [7, 11) is 0. The number of morpholine rings is 1. The maximum absolute atomic E-state index is 12.3. The standard InChI is InChI=1S/C21H28N4O3/c1-16(4-5-17-6-8-19(26)9-7-17)24-21(27)23-15-18-3-2-10-22-20(18)25-11-13-28-14-12-25/h2-3,6-10,16,26H,4-5,11-15H2,1H3,(H2,23,24,27). The quantitative estimate of drug-likeness (QED) is 0.683. The van der Waals surface area contributed by atoms with Gasteiger partial charge in [0.05, 0.1) is 13.2 Å². The molecule has 3 N–H and O–H groups in total. The number of hydrogen-bond acceptors (Lipinski definition) is 5. The van der Waals surface area contributed by atoms with Crippen molar-refractivity contribution < 1.29 is 14.6 Å². The second-order valence-corrected chi connectivity index (χ2v) is 7.02. The molecule has 1 unspecified atom stereocenters. The summed E-state index contributed by atoms with van der Waals surface area (Å²) in [5.41, 5.74) is 2.13. The number of phenolic OH excluding ortho intramolecular Hbond substituents is 1. The lowest BCUT2D eigenvalue weighted by atomic mass is 10.1. The Morgan fingerprint density at radius 1 is 1.25 bits per heavy atom. The molecule has 3 rings (SSSR count). The molecule has 150 valence electrons. The number of ether oxygens (including phenoxy) is 1. The summed E-state index contributed by atoms with van der Waals surface area (Å²) in [5.74, 6) is 1.17. The van der Waals surface area contributed by atoms with E-state index in [0.717, 1.165) is 42.9 Å². The van der Waals surface area contributed by atoms with Gasteiger partial charge in [-0.2, -0.15) is 0 Å². The van der Waals surface area contributed by atoms with Crippen molar-refractivity contribution in [3.8, 4) is 5.75 Å². The van der Waals surface area contributed by atoms with Gasteiger partial charge in [0.15, 0.2) is 0 Å². The number of hydrogen-bond donors (Lipinski definition) is 3. The molecule has 0 saturated carbocycles. The van der Waals surface area contributed by atoms with E-state index in [1.807, 2.05) is 31.2 Å². The van der Waals surface area contributed by atoms with Gasteiger partial charge in [0, 0.05) is 37.4 Å². The lowest BCUT2D eigenvalue weighted by molar-refractivity contribution is 0.122. The van der Waals surface area contributed by atoms with E-state index in [2.05, 4.69) is 20.5 Å². The minimum Gasteiger partial charge on any atom is -0.508 e. The summed E-state index contributed by atoms with van der Waals surface area (Å²) in [6.07, 6.45) is 3.44. The highest BCUT2D eigenvalue weighted by atomic mass is 16.5. The van der Waals surface area contributed by atoms with Crippen LogP contribution in [0.15, 0.2) is 42.6 Å². The highest BCUT2D eigenvalue weighted by molar-refractivity contribution is 5.74. The molecule has 1 atom stereocenters. The third-order valence-corrected chi connectivity index (χ3v) is 4.80. The lowest BCUT2D eigenvalue weighted by Gasteiger charge is -2.29. The van der Waals surface area contributed by atoms with Gasteiger partial charge in [-0.25, -0.2) is 9.78 Å². The summed E-state index contributed by atoms with van der Waals surface area (Å²) in [6, 6.07) is 10.9. The van der Waals surface area contributed by atoms with Crippen LogP contribution in [0.5, 0.6) is 5.75 Å². The van der Waals surface area contributed by atoms with Crippen molar-refractivity contribution in [1.29, 1.82) is 0 Å². The monoisotopic (exact) mass is 384 g/mol. The number of aromatic nitrogens is 1. The van der Waals surface area contributed by atoms with Crippen molar-refractivity contribution in [3.05, 3.63) is 53.7 Å². The molecule has 0 aliphatic carbocycles. The smallest absolute Gasteiger partial charge is 0.315 e. The van der Waals surface area contributed by atoms with E-state index in [4.69, 9.17) is 4.74 Å². The molecule has 1 aromatic heterocycles. The van der Waals surface area contributed by atoms with Crippen LogP contribution < -0.4 is 15.5 Å². The first kappa shape index (κ1) is 19.9.